The number of methoxy groups -OCH3 is 1. The second kappa shape index (κ2) is 8.93. The zero-order valence-corrected chi connectivity index (χ0v) is 16.8. The number of carbonyl (C=O) groups is 1. The van der Waals surface area contributed by atoms with Crippen LogP contribution in [0.5, 0.6) is 0 Å². The molecule has 29 heavy (non-hydrogen) atoms. The number of hydrogen-bond acceptors (Lipinski definition) is 8. The van der Waals surface area contributed by atoms with Gasteiger partial charge in [0.15, 0.2) is 15.7 Å². The molecule has 0 aliphatic carbocycles. The number of ether oxygens (including phenoxy) is 1. The van der Waals surface area contributed by atoms with Crippen LogP contribution >= 0.6 is 0 Å². The van der Waals surface area contributed by atoms with Gasteiger partial charge in [0.1, 0.15) is 0 Å². The second-order valence-corrected chi connectivity index (χ2v) is 8.41. The van der Waals surface area contributed by atoms with E-state index in [0.717, 1.165) is 11.8 Å². The summed E-state index contributed by atoms with van der Waals surface area (Å²) in [5.41, 5.74) is 1.57. The lowest BCUT2D eigenvalue weighted by molar-refractivity contribution is -0.141. The van der Waals surface area contributed by atoms with Gasteiger partial charge in [-0.05, 0) is 40.3 Å². The first-order valence-corrected chi connectivity index (χ1v) is 10.7. The first-order chi connectivity index (χ1) is 13.9. The van der Waals surface area contributed by atoms with Crippen LogP contribution in [0.1, 0.15) is 23.9 Å². The van der Waals surface area contributed by atoms with Crippen molar-refractivity contribution in [2.75, 3.05) is 13.4 Å². The molecule has 9 nitrogen and oxygen atoms in total. The van der Waals surface area contributed by atoms with Gasteiger partial charge in [-0.15, -0.1) is 5.10 Å². The molecule has 1 heterocycles. The summed E-state index contributed by atoms with van der Waals surface area (Å²) in [6, 6.07) is 15.6. The average molecular weight is 415 g/mol. The lowest BCUT2D eigenvalue weighted by Crippen LogP contribution is -2.25. The smallest absolute Gasteiger partial charge is 0.307 e. The molecular weight excluding hydrogens is 394 g/mol. The van der Waals surface area contributed by atoms with Gasteiger partial charge in [-0.25, -0.2) is 8.42 Å². The Morgan fingerprint density at radius 2 is 1.83 bits per heavy atom. The Morgan fingerprint density at radius 1 is 1.14 bits per heavy atom. The number of esters is 1. The minimum Gasteiger partial charge on any atom is -0.469 e. The summed E-state index contributed by atoms with van der Waals surface area (Å²) in [7, 11) is -1.93. The summed E-state index contributed by atoms with van der Waals surface area (Å²) >= 11 is 0. The Kier molecular flexibility index (Phi) is 6.35. The van der Waals surface area contributed by atoms with Crippen LogP contribution < -0.4 is 5.32 Å². The third kappa shape index (κ3) is 5.24. The van der Waals surface area contributed by atoms with Gasteiger partial charge >= 0.3 is 5.97 Å². The van der Waals surface area contributed by atoms with E-state index in [2.05, 4.69) is 20.8 Å². The molecule has 0 radical (unpaired) electrons. The molecule has 3 aromatic rings. The van der Waals surface area contributed by atoms with Crippen molar-refractivity contribution in [3.63, 3.8) is 0 Å². The summed E-state index contributed by atoms with van der Waals surface area (Å²) in [6.07, 6.45) is 1.31. The summed E-state index contributed by atoms with van der Waals surface area (Å²) in [6.45, 7) is 0.289. The Bertz CT molecular complexity index is 1070. The number of tetrazole rings is 1. The fraction of sp³-hybridized carbons (Fsp3) is 0.263. The number of hydrogen-bond donors (Lipinski definition) is 1. The van der Waals surface area contributed by atoms with Crippen LogP contribution in [0.2, 0.25) is 0 Å². The normalized spacial score (nSPS) is 12.5. The van der Waals surface area contributed by atoms with Gasteiger partial charge in [-0.3, -0.25) is 4.79 Å². The van der Waals surface area contributed by atoms with Crippen molar-refractivity contribution in [2.45, 2.75) is 23.9 Å². The number of benzene rings is 2. The van der Waals surface area contributed by atoms with E-state index < -0.39 is 9.84 Å². The molecule has 1 aromatic heterocycles. The summed E-state index contributed by atoms with van der Waals surface area (Å²) in [5, 5.41) is 15.0. The van der Waals surface area contributed by atoms with Crippen LogP contribution in [0.15, 0.2) is 59.5 Å². The molecule has 0 spiro atoms. The second-order valence-electron chi connectivity index (χ2n) is 6.40. The Labute approximate surface area is 168 Å². The van der Waals surface area contributed by atoms with Crippen LogP contribution in [0.4, 0.5) is 0 Å². The van der Waals surface area contributed by atoms with Gasteiger partial charge in [0.25, 0.3) is 0 Å². The van der Waals surface area contributed by atoms with E-state index in [4.69, 9.17) is 4.74 Å². The lowest BCUT2D eigenvalue weighted by Gasteiger charge is -2.18. The first-order valence-electron chi connectivity index (χ1n) is 8.81. The van der Waals surface area contributed by atoms with Gasteiger partial charge in [-0.1, -0.05) is 30.3 Å². The fourth-order valence-corrected chi connectivity index (χ4v) is 3.44. The standard InChI is InChI=1S/C19H21N5O4S/c1-28-19(25)12-17(14-6-4-3-5-7-14)20-13-18-21-22-23-24(18)15-8-10-16(11-9-15)29(2,26)27/h3-11,17,20H,12-13H2,1-2H3/t17-/m0/s1. The number of sulfone groups is 1. The van der Waals surface area contributed by atoms with Crippen molar-refractivity contribution in [1.82, 2.24) is 25.5 Å². The Hall–Kier alpha value is -3.11. The van der Waals surface area contributed by atoms with Gasteiger partial charge in [0.05, 0.1) is 30.7 Å². The number of rotatable bonds is 8. The molecular formula is C19H21N5O4S. The highest BCUT2D eigenvalue weighted by Crippen LogP contribution is 2.19. The van der Waals surface area contributed by atoms with Crippen LogP contribution in [-0.4, -0.2) is 48.0 Å². The van der Waals surface area contributed by atoms with Crippen molar-refractivity contribution in [3.05, 3.63) is 66.0 Å². The zero-order chi connectivity index (χ0) is 20.9. The average Bonchev–Trinajstić information content (AvgIpc) is 3.19. The van der Waals surface area contributed by atoms with Crippen molar-refractivity contribution in [3.8, 4) is 5.69 Å². The third-order valence-corrected chi connectivity index (χ3v) is 5.48. The van der Waals surface area contributed by atoms with E-state index in [1.807, 2.05) is 30.3 Å². The fourth-order valence-electron chi connectivity index (χ4n) is 2.81. The SMILES string of the molecule is COC(=O)C[C@H](NCc1nnnn1-c1ccc(S(C)(=O)=O)cc1)c1ccccc1. The molecule has 0 unspecified atom stereocenters. The Balaban J connectivity index is 1.78. The maximum Gasteiger partial charge on any atom is 0.307 e. The molecule has 1 atom stereocenters. The molecule has 2 aromatic carbocycles. The van der Waals surface area contributed by atoms with Gasteiger partial charge in [-0.2, -0.15) is 4.68 Å². The Morgan fingerprint density at radius 3 is 2.45 bits per heavy atom. The summed E-state index contributed by atoms with van der Waals surface area (Å²) < 4.78 is 29.6. The largest absolute Gasteiger partial charge is 0.469 e. The molecule has 3 rings (SSSR count). The van der Waals surface area contributed by atoms with E-state index in [1.165, 1.54) is 23.9 Å². The monoisotopic (exact) mass is 415 g/mol. The van der Waals surface area contributed by atoms with Crippen molar-refractivity contribution >= 4 is 15.8 Å². The van der Waals surface area contributed by atoms with Crippen molar-refractivity contribution in [2.24, 2.45) is 0 Å². The van der Waals surface area contributed by atoms with Gasteiger partial charge < -0.3 is 10.1 Å². The number of carbonyl (C=O) groups excluding carboxylic acids is 1. The highest BCUT2D eigenvalue weighted by atomic mass is 32.2. The molecule has 0 aliphatic rings. The molecule has 10 heteroatoms. The number of aromatic nitrogens is 4. The minimum absolute atomic E-state index is 0.158. The quantitative estimate of drug-likeness (QED) is 0.550. The molecule has 1 N–H and O–H groups in total. The topological polar surface area (TPSA) is 116 Å². The molecule has 0 saturated heterocycles. The first kappa shape index (κ1) is 20.6. The van der Waals surface area contributed by atoms with E-state index in [0.29, 0.717) is 11.5 Å². The van der Waals surface area contributed by atoms with Crippen LogP contribution in [0, 0.1) is 0 Å². The summed E-state index contributed by atoms with van der Waals surface area (Å²) in [5.74, 6) is 0.185. The van der Waals surface area contributed by atoms with Crippen LogP contribution in [0.25, 0.3) is 5.69 Å². The van der Waals surface area contributed by atoms with Crippen LogP contribution in [0.3, 0.4) is 0 Å². The maximum absolute atomic E-state index is 11.8. The van der Waals surface area contributed by atoms with E-state index >= 15 is 0 Å². The highest BCUT2D eigenvalue weighted by Gasteiger charge is 2.18. The summed E-state index contributed by atoms with van der Waals surface area (Å²) in [4.78, 5) is 12.0. The lowest BCUT2D eigenvalue weighted by atomic mass is 10.0. The predicted molar refractivity (Wildman–Crippen MR) is 105 cm³/mol. The van der Waals surface area contributed by atoms with Gasteiger partial charge in [0, 0.05) is 12.3 Å². The molecule has 0 saturated carbocycles. The molecule has 0 amide bonds. The minimum atomic E-state index is -3.28. The molecule has 0 bridgehead atoms. The van der Waals surface area contributed by atoms with Crippen molar-refractivity contribution < 1.29 is 17.9 Å². The molecule has 0 fully saturated rings. The molecule has 152 valence electrons. The number of nitrogens with zero attached hydrogens (tertiary/aromatic N) is 4. The highest BCUT2D eigenvalue weighted by molar-refractivity contribution is 7.90. The maximum atomic E-state index is 11.8. The van der Waals surface area contributed by atoms with E-state index in [-0.39, 0.29) is 29.9 Å². The van der Waals surface area contributed by atoms with Gasteiger partial charge in [0.2, 0.25) is 0 Å². The van der Waals surface area contributed by atoms with Crippen LogP contribution in [-0.2, 0) is 25.9 Å². The zero-order valence-electron chi connectivity index (χ0n) is 16.0. The predicted octanol–water partition coefficient (Wildman–Crippen LogP) is 1.46. The third-order valence-electron chi connectivity index (χ3n) is 4.35. The van der Waals surface area contributed by atoms with Crippen molar-refractivity contribution in [1.29, 1.82) is 0 Å². The number of nitrogens with one attached hydrogen (secondary N) is 1. The van der Waals surface area contributed by atoms with E-state index in [1.54, 1.807) is 12.1 Å². The van der Waals surface area contributed by atoms with E-state index in [9.17, 15) is 13.2 Å². The molecule has 0 aliphatic heterocycles.